The minimum atomic E-state index is -4.47. The maximum absolute atomic E-state index is 13.9. The van der Waals surface area contributed by atoms with Crippen LogP contribution in [-0.4, -0.2) is 25.7 Å². The molecule has 0 amide bonds. The number of hydrogen-bond acceptors (Lipinski definition) is 4. The maximum atomic E-state index is 13.9. The van der Waals surface area contributed by atoms with Gasteiger partial charge in [0.05, 0.1) is 12.7 Å². The summed E-state index contributed by atoms with van der Waals surface area (Å²) in [7, 11) is 1.37. The molecule has 2 rings (SSSR count). The first-order chi connectivity index (χ1) is 12.2. The van der Waals surface area contributed by atoms with Gasteiger partial charge in [0.15, 0.2) is 12.4 Å². The number of nitrogens with two attached hydrogens (primary N) is 1. The third-order valence-electron chi connectivity index (χ3n) is 3.32. The van der Waals surface area contributed by atoms with Crippen LogP contribution in [0, 0.1) is 5.82 Å². The van der Waals surface area contributed by atoms with E-state index in [9.17, 15) is 22.4 Å². The highest BCUT2D eigenvalue weighted by atomic mass is 19.4. The van der Waals surface area contributed by atoms with Gasteiger partial charge in [-0.2, -0.15) is 13.2 Å². The monoisotopic (exact) mass is 369 g/mol. The number of ketones is 1. The maximum Gasteiger partial charge on any atom is 0.422 e. The summed E-state index contributed by atoms with van der Waals surface area (Å²) in [5, 5.41) is 0. The number of allylic oxidation sites excluding steroid dienone is 1. The Hall–Kier alpha value is -3.03. The lowest BCUT2D eigenvalue weighted by molar-refractivity contribution is -0.153. The van der Waals surface area contributed by atoms with Crippen molar-refractivity contribution in [2.24, 2.45) is 0 Å². The highest BCUT2D eigenvalue weighted by Gasteiger charge is 2.28. The zero-order valence-electron chi connectivity index (χ0n) is 13.6. The van der Waals surface area contributed by atoms with Crippen LogP contribution < -0.4 is 15.2 Å². The highest BCUT2D eigenvalue weighted by molar-refractivity contribution is 6.07. The van der Waals surface area contributed by atoms with Crippen molar-refractivity contribution in [1.82, 2.24) is 0 Å². The average Bonchev–Trinajstić information content (AvgIpc) is 2.58. The van der Waals surface area contributed by atoms with Crippen LogP contribution in [0.15, 0.2) is 42.5 Å². The van der Waals surface area contributed by atoms with Crippen molar-refractivity contribution in [2.45, 2.75) is 6.18 Å². The van der Waals surface area contributed by atoms with Crippen LogP contribution in [0.4, 0.5) is 23.2 Å². The van der Waals surface area contributed by atoms with Gasteiger partial charge in [-0.15, -0.1) is 0 Å². The molecule has 0 spiro atoms. The second-order valence-corrected chi connectivity index (χ2v) is 5.24. The fourth-order valence-electron chi connectivity index (χ4n) is 2.03. The van der Waals surface area contributed by atoms with Gasteiger partial charge in [0.1, 0.15) is 17.3 Å². The number of carbonyl (C=O) groups is 1. The number of rotatable bonds is 6. The van der Waals surface area contributed by atoms with Crippen LogP contribution >= 0.6 is 0 Å². The van der Waals surface area contributed by atoms with Gasteiger partial charge in [-0.3, -0.25) is 4.79 Å². The number of ether oxygens (including phenoxy) is 2. The Morgan fingerprint density at radius 3 is 2.46 bits per heavy atom. The molecule has 2 N–H and O–H groups in total. The molecule has 0 aliphatic heterocycles. The molecule has 0 aromatic heterocycles. The van der Waals surface area contributed by atoms with E-state index in [0.29, 0.717) is 0 Å². The lowest BCUT2D eigenvalue weighted by Crippen LogP contribution is -2.19. The molecule has 4 nitrogen and oxygen atoms in total. The van der Waals surface area contributed by atoms with Crippen LogP contribution in [0.2, 0.25) is 0 Å². The van der Waals surface area contributed by atoms with E-state index in [1.54, 1.807) is 0 Å². The predicted molar refractivity (Wildman–Crippen MR) is 88.7 cm³/mol. The van der Waals surface area contributed by atoms with Crippen molar-refractivity contribution in [3.63, 3.8) is 0 Å². The lowest BCUT2D eigenvalue weighted by Gasteiger charge is -2.10. The van der Waals surface area contributed by atoms with E-state index >= 15 is 0 Å². The molecule has 0 fully saturated rings. The fourth-order valence-corrected chi connectivity index (χ4v) is 2.03. The summed E-state index contributed by atoms with van der Waals surface area (Å²) in [6.07, 6.45) is -2.12. The van der Waals surface area contributed by atoms with Crippen molar-refractivity contribution in [2.75, 3.05) is 19.5 Å². The zero-order valence-corrected chi connectivity index (χ0v) is 13.6. The van der Waals surface area contributed by atoms with Crippen LogP contribution in [-0.2, 0) is 0 Å². The second-order valence-electron chi connectivity index (χ2n) is 5.24. The first-order valence-electron chi connectivity index (χ1n) is 7.34. The minimum absolute atomic E-state index is 0.0562. The molecule has 0 heterocycles. The first-order valence-corrected chi connectivity index (χ1v) is 7.34. The van der Waals surface area contributed by atoms with E-state index < -0.39 is 24.4 Å². The molecule has 0 aliphatic carbocycles. The minimum Gasteiger partial charge on any atom is -0.497 e. The Morgan fingerprint density at radius 2 is 1.85 bits per heavy atom. The quantitative estimate of drug-likeness (QED) is 0.358. The normalized spacial score (nSPS) is 11.6. The van der Waals surface area contributed by atoms with Crippen LogP contribution in [0.25, 0.3) is 6.08 Å². The molecule has 0 saturated heterocycles. The molecule has 0 atom stereocenters. The first kappa shape index (κ1) is 19.3. The third kappa shape index (κ3) is 5.23. The van der Waals surface area contributed by atoms with Gasteiger partial charge in [-0.1, -0.05) is 0 Å². The van der Waals surface area contributed by atoms with E-state index in [1.807, 2.05) is 0 Å². The summed E-state index contributed by atoms with van der Waals surface area (Å²) in [4.78, 5) is 12.1. The topological polar surface area (TPSA) is 61.5 Å². The van der Waals surface area contributed by atoms with Crippen LogP contribution in [0.3, 0.4) is 0 Å². The van der Waals surface area contributed by atoms with Gasteiger partial charge >= 0.3 is 6.18 Å². The molecule has 0 saturated carbocycles. The summed E-state index contributed by atoms with van der Waals surface area (Å²) in [6.45, 7) is -1.45. The molecule has 0 unspecified atom stereocenters. The van der Waals surface area contributed by atoms with Gasteiger partial charge in [0.25, 0.3) is 0 Å². The van der Waals surface area contributed by atoms with Gasteiger partial charge in [-0.05, 0) is 42.5 Å². The number of nitrogen functional groups attached to an aromatic ring is 1. The SMILES string of the molecule is COc1ccc(C(=O)/C=C/c2cc(OCC(F)(F)F)ccc2N)c(F)c1. The standard InChI is InChI=1S/C18H15F4NO3/c1-25-12-3-5-14(15(19)9-12)17(24)7-2-11-8-13(4-6-16(11)23)26-10-18(20,21)22/h2-9H,10,23H2,1H3/b7-2+. The molecule has 26 heavy (non-hydrogen) atoms. The smallest absolute Gasteiger partial charge is 0.422 e. The average molecular weight is 369 g/mol. The van der Waals surface area contributed by atoms with Gasteiger partial charge in [0, 0.05) is 17.3 Å². The number of benzene rings is 2. The summed E-state index contributed by atoms with van der Waals surface area (Å²) in [5.41, 5.74) is 6.05. The highest BCUT2D eigenvalue weighted by Crippen LogP contribution is 2.24. The summed E-state index contributed by atoms with van der Waals surface area (Å²) in [6, 6.07) is 7.67. The van der Waals surface area contributed by atoms with Crippen molar-refractivity contribution in [3.05, 3.63) is 59.4 Å². The van der Waals surface area contributed by atoms with Crippen LogP contribution in [0.1, 0.15) is 15.9 Å². The van der Waals surface area contributed by atoms with E-state index in [4.69, 9.17) is 10.5 Å². The fraction of sp³-hybridized carbons (Fsp3) is 0.167. The van der Waals surface area contributed by atoms with E-state index in [2.05, 4.69) is 4.74 Å². The molecule has 0 bridgehead atoms. The zero-order chi connectivity index (χ0) is 19.3. The third-order valence-corrected chi connectivity index (χ3v) is 3.32. The van der Waals surface area contributed by atoms with Crippen molar-refractivity contribution in [1.29, 1.82) is 0 Å². The molecule has 0 aliphatic rings. The second kappa shape index (κ2) is 7.90. The molecule has 2 aromatic rings. The summed E-state index contributed by atoms with van der Waals surface area (Å²) in [5.74, 6) is -1.18. The summed E-state index contributed by atoms with van der Waals surface area (Å²) < 4.78 is 60.0. The number of alkyl halides is 3. The largest absolute Gasteiger partial charge is 0.497 e. The molecule has 2 aromatic carbocycles. The molecule has 138 valence electrons. The van der Waals surface area contributed by atoms with Gasteiger partial charge in [0.2, 0.25) is 0 Å². The number of hydrogen-bond donors (Lipinski definition) is 1. The Morgan fingerprint density at radius 1 is 1.15 bits per heavy atom. The predicted octanol–water partition coefficient (Wildman–Crippen LogP) is 4.25. The summed E-state index contributed by atoms with van der Waals surface area (Å²) >= 11 is 0. The van der Waals surface area contributed by atoms with Crippen LogP contribution in [0.5, 0.6) is 11.5 Å². The molecular formula is C18H15F4NO3. The van der Waals surface area contributed by atoms with Gasteiger partial charge in [-0.25, -0.2) is 4.39 Å². The number of methoxy groups -OCH3 is 1. The Kier molecular flexibility index (Phi) is 5.86. The van der Waals surface area contributed by atoms with Gasteiger partial charge < -0.3 is 15.2 Å². The van der Waals surface area contributed by atoms with Crippen molar-refractivity contribution >= 4 is 17.5 Å². The van der Waals surface area contributed by atoms with Crippen molar-refractivity contribution in [3.8, 4) is 11.5 Å². The number of halogens is 4. The molecular weight excluding hydrogens is 354 g/mol. The number of carbonyl (C=O) groups excluding carboxylic acids is 1. The lowest BCUT2D eigenvalue weighted by atomic mass is 10.1. The van der Waals surface area contributed by atoms with E-state index in [1.165, 1.54) is 43.5 Å². The Labute approximate surface area is 146 Å². The molecule has 8 heteroatoms. The Bertz CT molecular complexity index is 832. The van der Waals surface area contributed by atoms with Crippen molar-refractivity contribution < 1.29 is 31.8 Å². The molecule has 0 radical (unpaired) electrons. The number of anilines is 1. The van der Waals surface area contributed by atoms with E-state index in [-0.39, 0.29) is 28.3 Å². The Balaban J connectivity index is 2.17. The van der Waals surface area contributed by atoms with E-state index in [0.717, 1.165) is 12.1 Å².